The first-order chi connectivity index (χ1) is 5.00. The van der Waals surface area contributed by atoms with Crippen molar-refractivity contribution in [1.29, 1.82) is 0 Å². The van der Waals surface area contributed by atoms with Gasteiger partial charge in [-0.3, -0.25) is 0 Å². The Kier molecular flexibility index (Phi) is 4.50. The highest BCUT2D eigenvalue weighted by atomic mass is 16.4. The van der Waals surface area contributed by atoms with E-state index in [1.165, 1.54) is 0 Å². The minimum atomic E-state index is -1.58. The molecule has 6 heteroatoms. The lowest BCUT2D eigenvalue weighted by molar-refractivity contribution is -0.1000. The second kappa shape index (κ2) is 4.60. The van der Waals surface area contributed by atoms with Crippen molar-refractivity contribution in [3.05, 3.63) is 0 Å². The van der Waals surface area contributed by atoms with Crippen molar-refractivity contribution < 1.29 is 20.4 Å². The van der Waals surface area contributed by atoms with E-state index in [-0.39, 0.29) is 6.54 Å². The minimum Gasteiger partial charge on any atom is -0.389 e. The van der Waals surface area contributed by atoms with E-state index in [1.807, 2.05) is 0 Å². The molecule has 0 aromatic heterocycles. The molecule has 0 radical (unpaired) electrons. The van der Waals surface area contributed by atoms with Gasteiger partial charge in [0.1, 0.15) is 18.4 Å². The highest BCUT2D eigenvalue weighted by molar-refractivity contribution is 4.78. The summed E-state index contributed by atoms with van der Waals surface area (Å²) < 4.78 is 0. The van der Waals surface area contributed by atoms with Crippen LogP contribution in [0.25, 0.3) is 0 Å². The monoisotopic (exact) mass is 166 g/mol. The Morgan fingerprint density at radius 1 is 1.00 bits per heavy atom. The molecular weight excluding hydrogens is 152 g/mol. The Hall–Kier alpha value is -0.240. The van der Waals surface area contributed by atoms with Crippen LogP contribution < -0.4 is 11.5 Å². The third-order valence-corrected chi connectivity index (χ3v) is 1.34. The standard InChI is InChI=1S/C5H14N2O4/c6-1-2(8)3(9)4(10)5(7)11/h2-5,8-11H,1,6-7H2/t2-,3+,4-,5-/m0/s1. The van der Waals surface area contributed by atoms with E-state index >= 15 is 0 Å². The van der Waals surface area contributed by atoms with Gasteiger partial charge in [0, 0.05) is 6.54 Å². The smallest absolute Gasteiger partial charge is 0.131 e. The highest BCUT2D eigenvalue weighted by Gasteiger charge is 2.27. The maximum atomic E-state index is 8.94. The van der Waals surface area contributed by atoms with Gasteiger partial charge in [-0.15, -0.1) is 0 Å². The Labute approximate surface area is 64.1 Å². The van der Waals surface area contributed by atoms with Crippen LogP contribution in [0, 0.1) is 0 Å². The van der Waals surface area contributed by atoms with Gasteiger partial charge in [-0.05, 0) is 0 Å². The lowest BCUT2D eigenvalue weighted by Crippen LogP contribution is -2.50. The fourth-order valence-electron chi connectivity index (χ4n) is 0.569. The van der Waals surface area contributed by atoms with E-state index in [0.29, 0.717) is 0 Å². The number of aliphatic hydroxyl groups excluding tert-OH is 4. The number of aliphatic hydroxyl groups is 4. The predicted octanol–water partition coefficient (Wildman–Crippen LogP) is -3.70. The SMILES string of the molecule is NC[C@H](O)[C@@H](O)[C@H](O)[C@@H](N)O. The van der Waals surface area contributed by atoms with Crippen LogP contribution in [0.3, 0.4) is 0 Å². The van der Waals surface area contributed by atoms with Gasteiger partial charge >= 0.3 is 0 Å². The van der Waals surface area contributed by atoms with Gasteiger partial charge in [0.25, 0.3) is 0 Å². The van der Waals surface area contributed by atoms with E-state index in [9.17, 15) is 0 Å². The maximum Gasteiger partial charge on any atom is 0.131 e. The molecule has 4 atom stereocenters. The summed E-state index contributed by atoms with van der Waals surface area (Å²) in [7, 11) is 0. The van der Waals surface area contributed by atoms with Gasteiger partial charge in [0.15, 0.2) is 0 Å². The van der Waals surface area contributed by atoms with Gasteiger partial charge in [-0.25, -0.2) is 0 Å². The molecule has 11 heavy (non-hydrogen) atoms. The van der Waals surface area contributed by atoms with Crippen molar-refractivity contribution in [1.82, 2.24) is 0 Å². The number of hydrogen-bond acceptors (Lipinski definition) is 6. The summed E-state index contributed by atoms with van der Waals surface area (Å²) in [4.78, 5) is 0. The summed E-state index contributed by atoms with van der Waals surface area (Å²) in [5.74, 6) is 0. The van der Waals surface area contributed by atoms with Crippen molar-refractivity contribution in [3.63, 3.8) is 0 Å². The van der Waals surface area contributed by atoms with Crippen molar-refractivity contribution in [3.8, 4) is 0 Å². The normalized spacial score (nSPS) is 22.4. The van der Waals surface area contributed by atoms with Crippen LogP contribution >= 0.6 is 0 Å². The molecular formula is C5H14N2O4. The summed E-state index contributed by atoms with van der Waals surface area (Å²) in [6.45, 7) is -0.203. The molecule has 0 aliphatic carbocycles. The third kappa shape index (κ3) is 3.10. The number of rotatable bonds is 4. The predicted molar refractivity (Wildman–Crippen MR) is 37.3 cm³/mol. The molecule has 68 valence electrons. The molecule has 0 aliphatic rings. The van der Waals surface area contributed by atoms with E-state index in [2.05, 4.69) is 0 Å². The zero-order chi connectivity index (χ0) is 9.02. The first kappa shape index (κ1) is 10.8. The fourth-order valence-corrected chi connectivity index (χ4v) is 0.569. The summed E-state index contributed by atoms with van der Waals surface area (Å²) in [6, 6.07) is 0. The molecule has 0 fully saturated rings. The van der Waals surface area contributed by atoms with Gasteiger partial charge in [-0.1, -0.05) is 0 Å². The van der Waals surface area contributed by atoms with Crippen molar-refractivity contribution in [2.45, 2.75) is 24.5 Å². The molecule has 8 N–H and O–H groups in total. The van der Waals surface area contributed by atoms with E-state index in [1.54, 1.807) is 0 Å². The molecule has 0 aromatic rings. The first-order valence-electron chi connectivity index (χ1n) is 3.18. The molecule has 0 bridgehead atoms. The summed E-state index contributed by atoms with van der Waals surface area (Å²) >= 11 is 0. The minimum absolute atomic E-state index is 0.203. The van der Waals surface area contributed by atoms with E-state index < -0.39 is 24.5 Å². The summed E-state index contributed by atoms with van der Waals surface area (Å²) in [5, 5.41) is 35.2. The molecule has 0 saturated carbocycles. The van der Waals surface area contributed by atoms with Gasteiger partial charge < -0.3 is 31.9 Å². The number of nitrogens with two attached hydrogens (primary N) is 2. The lowest BCUT2D eigenvalue weighted by Gasteiger charge is -2.23. The van der Waals surface area contributed by atoms with Crippen LogP contribution in [0.2, 0.25) is 0 Å². The van der Waals surface area contributed by atoms with E-state index in [4.69, 9.17) is 31.9 Å². The molecule has 6 nitrogen and oxygen atoms in total. The van der Waals surface area contributed by atoms with Crippen LogP contribution in [-0.2, 0) is 0 Å². The Balaban J connectivity index is 3.90. The molecule has 0 unspecified atom stereocenters. The largest absolute Gasteiger partial charge is 0.389 e. The molecule has 0 spiro atoms. The second-order valence-electron chi connectivity index (χ2n) is 2.27. The van der Waals surface area contributed by atoms with Gasteiger partial charge in [0.05, 0.1) is 6.10 Å². The Morgan fingerprint density at radius 2 is 1.45 bits per heavy atom. The van der Waals surface area contributed by atoms with Gasteiger partial charge in [-0.2, -0.15) is 0 Å². The van der Waals surface area contributed by atoms with Crippen LogP contribution in [0.15, 0.2) is 0 Å². The van der Waals surface area contributed by atoms with Crippen LogP contribution in [-0.4, -0.2) is 51.5 Å². The highest BCUT2D eigenvalue weighted by Crippen LogP contribution is 2.00. The van der Waals surface area contributed by atoms with Crippen LogP contribution in [0.1, 0.15) is 0 Å². The average Bonchev–Trinajstić information content (AvgIpc) is 2.00. The molecule has 0 saturated heterocycles. The third-order valence-electron chi connectivity index (χ3n) is 1.34. The summed E-state index contributed by atoms with van der Waals surface area (Å²) in [5.41, 5.74) is 9.79. The first-order valence-corrected chi connectivity index (χ1v) is 3.18. The van der Waals surface area contributed by atoms with Crippen molar-refractivity contribution >= 4 is 0 Å². The molecule has 0 amide bonds. The topological polar surface area (TPSA) is 133 Å². The van der Waals surface area contributed by atoms with Gasteiger partial charge in [0.2, 0.25) is 0 Å². The molecule has 0 aromatic carbocycles. The fraction of sp³-hybridized carbons (Fsp3) is 1.00. The zero-order valence-corrected chi connectivity index (χ0v) is 5.96. The maximum absolute atomic E-state index is 8.94. The molecule has 0 aliphatic heterocycles. The van der Waals surface area contributed by atoms with Crippen molar-refractivity contribution in [2.75, 3.05) is 6.54 Å². The second-order valence-corrected chi connectivity index (χ2v) is 2.27. The zero-order valence-electron chi connectivity index (χ0n) is 5.96. The summed E-state index contributed by atoms with van der Waals surface area (Å²) in [6.07, 6.45) is -5.94. The van der Waals surface area contributed by atoms with Crippen LogP contribution in [0.4, 0.5) is 0 Å². The lowest BCUT2D eigenvalue weighted by atomic mass is 10.1. The van der Waals surface area contributed by atoms with Crippen molar-refractivity contribution in [2.24, 2.45) is 11.5 Å². The average molecular weight is 166 g/mol. The van der Waals surface area contributed by atoms with E-state index in [0.717, 1.165) is 0 Å². The molecule has 0 rings (SSSR count). The molecule has 0 heterocycles. The quantitative estimate of drug-likeness (QED) is 0.238. The van der Waals surface area contributed by atoms with Crippen LogP contribution in [0.5, 0.6) is 0 Å². The Morgan fingerprint density at radius 3 is 1.73 bits per heavy atom. The number of hydrogen-bond donors (Lipinski definition) is 6. The Bertz CT molecular complexity index is 111.